The normalized spacial score (nSPS) is 15.8. The molecule has 2 heterocycles. The first-order chi connectivity index (χ1) is 13.5. The van der Waals surface area contributed by atoms with E-state index in [0.717, 1.165) is 36.4 Å². The van der Waals surface area contributed by atoms with Gasteiger partial charge < -0.3 is 11.1 Å². The van der Waals surface area contributed by atoms with Crippen LogP contribution in [-0.4, -0.2) is 30.8 Å². The summed E-state index contributed by atoms with van der Waals surface area (Å²) in [5, 5.41) is 5.68. The van der Waals surface area contributed by atoms with E-state index in [4.69, 9.17) is 5.73 Å². The van der Waals surface area contributed by atoms with E-state index in [1.165, 1.54) is 11.3 Å². The molecule has 2 aromatic rings. The molecule has 0 spiro atoms. The maximum atomic E-state index is 12.4. The first kappa shape index (κ1) is 20.2. The second-order valence-electron chi connectivity index (χ2n) is 7.10. The molecule has 0 radical (unpaired) electrons. The van der Waals surface area contributed by atoms with Gasteiger partial charge in [-0.2, -0.15) is 0 Å². The summed E-state index contributed by atoms with van der Waals surface area (Å²) in [5.74, 6) is -1.25. The Morgan fingerprint density at radius 1 is 1.21 bits per heavy atom. The Bertz CT molecular complexity index is 857. The first-order valence-electron chi connectivity index (χ1n) is 9.47. The minimum atomic E-state index is -0.560. The fraction of sp³-hybridized carbons (Fsp3) is 0.381. The number of nitrogens with one attached hydrogen (secondary N) is 2. The minimum Gasteiger partial charge on any atom is -0.366 e. The van der Waals surface area contributed by atoms with Crippen molar-refractivity contribution in [2.24, 2.45) is 11.7 Å². The summed E-state index contributed by atoms with van der Waals surface area (Å²) in [6.45, 7) is 3.62. The summed E-state index contributed by atoms with van der Waals surface area (Å²) in [7, 11) is 0. The smallest absolute Gasteiger partial charge is 0.249 e. The van der Waals surface area contributed by atoms with Crippen LogP contribution in [0.2, 0.25) is 0 Å². The molecule has 7 heteroatoms. The lowest BCUT2D eigenvalue weighted by Crippen LogP contribution is -2.41. The van der Waals surface area contributed by atoms with Crippen molar-refractivity contribution < 1.29 is 14.4 Å². The molecular weight excluding hydrogens is 374 g/mol. The van der Waals surface area contributed by atoms with E-state index >= 15 is 0 Å². The molecular formula is C21H25N3O3S. The second kappa shape index (κ2) is 9.12. The van der Waals surface area contributed by atoms with Gasteiger partial charge in [0.1, 0.15) is 0 Å². The van der Waals surface area contributed by atoms with Crippen LogP contribution in [0.25, 0.3) is 0 Å². The number of nitrogens with two attached hydrogens (primary N) is 1. The Labute approximate surface area is 168 Å². The van der Waals surface area contributed by atoms with Crippen LogP contribution >= 0.6 is 11.3 Å². The Balaban J connectivity index is 1.72. The molecule has 1 aliphatic heterocycles. The third-order valence-corrected chi connectivity index (χ3v) is 6.43. The van der Waals surface area contributed by atoms with Crippen LogP contribution in [0, 0.1) is 5.92 Å². The van der Waals surface area contributed by atoms with Crippen molar-refractivity contribution in [3.05, 3.63) is 57.3 Å². The topological polar surface area (TPSA) is 101 Å². The van der Waals surface area contributed by atoms with Crippen molar-refractivity contribution in [3.8, 4) is 0 Å². The van der Waals surface area contributed by atoms with Gasteiger partial charge >= 0.3 is 0 Å². The Morgan fingerprint density at radius 3 is 2.54 bits per heavy atom. The van der Waals surface area contributed by atoms with Gasteiger partial charge in [-0.1, -0.05) is 37.3 Å². The van der Waals surface area contributed by atoms with Gasteiger partial charge in [0.2, 0.25) is 17.7 Å². The molecule has 0 bridgehead atoms. The number of benzene rings is 1. The summed E-state index contributed by atoms with van der Waals surface area (Å²) in [5.41, 5.74) is 7.00. The molecule has 1 fully saturated rings. The zero-order valence-electron chi connectivity index (χ0n) is 15.9. The molecule has 1 atom stereocenters. The predicted octanol–water partition coefficient (Wildman–Crippen LogP) is 2.18. The molecule has 0 aliphatic carbocycles. The van der Waals surface area contributed by atoms with E-state index < -0.39 is 11.8 Å². The molecule has 1 aromatic carbocycles. The number of imide groups is 1. The van der Waals surface area contributed by atoms with E-state index in [9.17, 15) is 14.4 Å². The van der Waals surface area contributed by atoms with Gasteiger partial charge in [-0.3, -0.25) is 19.7 Å². The maximum absolute atomic E-state index is 12.4. The average molecular weight is 400 g/mol. The largest absolute Gasteiger partial charge is 0.366 e. The van der Waals surface area contributed by atoms with Crippen molar-refractivity contribution >= 4 is 29.1 Å². The maximum Gasteiger partial charge on any atom is 0.249 e. The third kappa shape index (κ3) is 4.85. The molecule has 6 nitrogen and oxygen atoms in total. The van der Waals surface area contributed by atoms with Gasteiger partial charge in [-0.25, -0.2) is 0 Å². The van der Waals surface area contributed by atoms with E-state index in [-0.39, 0.29) is 24.2 Å². The van der Waals surface area contributed by atoms with Gasteiger partial charge in [-0.15, -0.1) is 11.3 Å². The minimum absolute atomic E-state index is 0.0266. The van der Waals surface area contributed by atoms with E-state index in [1.54, 1.807) is 6.07 Å². The van der Waals surface area contributed by atoms with Gasteiger partial charge in [-0.05, 0) is 37.6 Å². The number of hydrogen-bond donors (Lipinski definition) is 3. The summed E-state index contributed by atoms with van der Waals surface area (Å²) in [4.78, 5) is 38.1. The second-order valence-corrected chi connectivity index (χ2v) is 8.26. The van der Waals surface area contributed by atoms with E-state index in [1.807, 2.05) is 30.3 Å². The number of amides is 3. The van der Waals surface area contributed by atoms with Crippen molar-refractivity contribution in [1.82, 2.24) is 10.6 Å². The highest BCUT2D eigenvalue weighted by Crippen LogP contribution is 2.33. The van der Waals surface area contributed by atoms with E-state index in [0.29, 0.717) is 10.4 Å². The SMILES string of the molecule is CC(c1ccccc1)c1cc(C(N)=O)c(CC(=O)NC(=O)C2CCNCC2)s1. The number of carbonyl (C=O) groups is 3. The van der Waals surface area contributed by atoms with Crippen molar-refractivity contribution in [2.75, 3.05) is 13.1 Å². The van der Waals surface area contributed by atoms with Crippen LogP contribution < -0.4 is 16.4 Å². The highest BCUT2D eigenvalue weighted by molar-refractivity contribution is 7.12. The predicted molar refractivity (Wildman–Crippen MR) is 109 cm³/mol. The van der Waals surface area contributed by atoms with Crippen molar-refractivity contribution in [2.45, 2.75) is 32.1 Å². The first-order valence-corrected chi connectivity index (χ1v) is 10.3. The lowest BCUT2D eigenvalue weighted by molar-refractivity contribution is -0.132. The van der Waals surface area contributed by atoms with Crippen LogP contribution in [0.1, 0.15) is 51.4 Å². The summed E-state index contributed by atoms with van der Waals surface area (Å²) < 4.78 is 0. The fourth-order valence-corrected chi connectivity index (χ4v) is 4.67. The molecule has 4 N–H and O–H groups in total. The quantitative estimate of drug-likeness (QED) is 0.693. The number of thiophene rings is 1. The van der Waals surface area contributed by atoms with E-state index in [2.05, 4.69) is 17.6 Å². The van der Waals surface area contributed by atoms with Crippen LogP contribution in [0.4, 0.5) is 0 Å². The highest BCUT2D eigenvalue weighted by Gasteiger charge is 2.24. The number of hydrogen-bond acceptors (Lipinski definition) is 5. The molecule has 3 amide bonds. The van der Waals surface area contributed by atoms with Gasteiger partial charge in [0.15, 0.2) is 0 Å². The standard InChI is InChI=1S/C21H25N3O3S/c1-13(14-5-3-2-4-6-14)17-11-16(20(22)26)18(28-17)12-19(25)24-21(27)15-7-9-23-10-8-15/h2-6,11,13,15,23H,7-10,12H2,1H3,(H2,22,26)(H,24,25,27). The number of piperidine rings is 1. The molecule has 1 unspecified atom stereocenters. The van der Waals surface area contributed by atoms with Crippen LogP contribution in [0.5, 0.6) is 0 Å². The Kier molecular flexibility index (Phi) is 6.59. The Morgan fingerprint density at radius 2 is 1.89 bits per heavy atom. The lowest BCUT2D eigenvalue weighted by Gasteiger charge is -2.21. The molecule has 3 rings (SSSR count). The summed E-state index contributed by atoms with van der Waals surface area (Å²) in [6.07, 6.45) is 1.42. The number of rotatable bonds is 6. The molecule has 1 aromatic heterocycles. The highest BCUT2D eigenvalue weighted by atomic mass is 32.1. The molecule has 28 heavy (non-hydrogen) atoms. The molecule has 148 valence electrons. The Hall–Kier alpha value is -2.51. The van der Waals surface area contributed by atoms with Crippen LogP contribution in [0.3, 0.4) is 0 Å². The van der Waals surface area contributed by atoms with Gasteiger partial charge in [0, 0.05) is 21.6 Å². The van der Waals surface area contributed by atoms with Crippen LogP contribution in [0.15, 0.2) is 36.4 Å². The van der Waals surface area contributed by atoms with Gasteiger partial charge in [0.05, 0.1) is 12.0 Å². The lowest BCUT2D eigenvalue weighted by atomic mass is 9.97. The molecule has 0 saturated carbocycles. The molecule has 1 saturated heterocycles. The van der Waals surface area contributed by atoms with Crippen LogP contribution in [-0.2, 0) is 16.0 Å². The third-order valence-electron chi connectivity index (χ3n) is 5.11. The van der Waals surface area contributed by atoms with Gasteiger partial charge in [0.25, 0.3) is 0 Å². The monoisotopic (exact) mass is 399 g/mol. The average Bonchev–Trinajstić information content (AvgIpc) is 3.12. The summed E-state index contributed by atoms with van der Waals surface area (Å²) in [6, 6.07) is 11.7. The molecule has 1 aliphatic rings. The zero-order valence-corrected chi connectivity index (χ0v) is 16.7. The zero-order chi connectivity index (χ0) is 20.1. The fourth-order valence-electron chi connectivity index (χ4n) is 3.42. The number of carbonyl (C=O) groups excluding carboxylic acids is 3. The van der Waals surface area contributed by atoms with Crippen molar-refractivity contribution in [1.29, 1.82) is 0 Å². The number of primary amides is 1. The van der Waals surface area contributed by atoms with Crippen molar-refractivity contribution in [3.63, 3.8) is 0 Å². The summed E-state index contributed by atoms with van der Waals surface area (Å²) >= 11 is 1.40.